The molecule has 1 heterocycles. The van der Waals surface area contributed by atoms with Gasteiger partial charge in [0.1, 0.15) is 0 Å². The third-order valence-electron chi connectivity index (χ3n) is 3.08. The van der Waals surface area contributed by atoms with Gasteiger partial charge in [-0.05, 0) is 48.5 Å². The summed E-state index contributed by atoms with van der Waals surface area (Å²) in [6.45, 7) is 0. The van der Waals surface area contributed by atoms with Crippen molar-refractivity contribution in [3.63, 3.8) is 0 Å². The van der Waals surface area contributed by atoms with Gasteiger partial charge in [0.25, 0.3) is 0 Å². The van der Waals surface area contributed by atoms with Gasteiger partial charge in [0.2, 0.25) is 5.16 Å². The number of carbonyl (C=O) groups excluding carboxylic acids is 1. The third-order valence-corrected chi connectivity index (χ3v) is 4.43. The van der Waals surface area contributed by atoms with Crippen molar-refractivity contribution in [2.45, 2.75) is 5.16 Å². The van der Waals surface area contributed by atoms with Gasteiger partial charge in [-0.15, -0.1) is 5.10 Å². The summed E-state index contributed by atoms with van der Waals surface area (Å²) in [6, 6.07) is 14.1. The van der Waals surface area contributed by atoms with E-state index in [-0.39, 0.29) is 11.5 Å². The second kappa shape index (κ2) is 7.17. The highest BCUT2D eigenvalue weighted by Crippen LogP contribution is 2.21. The van der Waals surface area contributed by atoms with Crippen molar-refractivity contribution in [2.24, 2.45) is 0 Å². The van der Waals surface area contributed by atoms with Gasteiger partial charge in [0.05, 0.1) is 5.75 Å². The van der Waals surface area contributed by atoms with Gasteiger partial charge < -0.3 is 0 Å². The number of benzene rings is 2. The van der Waals surface area contributed by atoms with E-state index in [1.807, 2.05) is 12.1 Å². The average molecular weight is 364 g/mol. The summed E-state index contributed by atoms with van der Waals surface area (Å²) < 4.78 is 0. The molecule has 23 heavy (non-hydrogen) atoms. The molecule has 4 nitrogen and oxygen atoms in total. The molecule has 0 aliphatic carbocycles. The first-order valence-electron chi connectivity index (χ1n) is 6.72. The standard InChI is InChI=1S/C16H11Cl2N3OS/c17-12-5-1-10(2-6-12)14(22)9-23-16-19-15(20-21-16)11-3-7-13(18)8-4-11/h1-8H,9H2,(H,19,20,21). The third kappa shape index (κ3) is 4.13. The maximum absolute atomic E-state index is 12.1. The fourth-order valence-electron chi connectivity index (χ4n) is 1.90. The van der Waals surface area contributed by atoms with Crippen LogP contribution in [0.3, 0.4) is 0 Å². The molecule has 0 spiro atoms. The summed E-state index contributed by atoms with van der Waals surface area (Å²) in [5, 5.41) is 8.77. The van der Waals surface area contributed by atoms with E-state index in [0.29, 0.717) is 26.6 Å². The number of thioether (sulfide) groups is 1. The zero-order chi connectivity index (χ0) is 16.2. The number of rotatable bonds is 5. The van der Waals surface area contributed by atoms with E-state index in [9.17, 15) is 4.79 Å². The molecule has 1 aromatic heterocycles. The number of nitrogens with zero attached hydrogens (tertiary/aromatic N) is 2. The Morgan fingerprint density at radius 2 is 1.61 bits per heavy atom. The van der Waals surface area contributed by atoms with Gasteiger partial charge in [0, 0.05) is 21.2 Å². The first-order chi connectivity index (χ1) is 11.1. The van der Waals surface area contributed by atoms with Crippen LogP contribution in [0, 0.1) is 0 Å². The highest BCUT2D eigenvalue weighted by molar-refractivity contribution is 7.99. The number of nitrogens with one attached hydrogen (secondary N) is 1. The molecule has 0 amide bonds. The molecule has 0 fully saturated rings. The lowest BCUT2D eigenvalue weighted by molar-refractivity contribution is 0.102. The summed E-state index contributed by atoms with van der Waals surface area (Å²) >= 11 is 13.0. The predicted octanol–water partition coefficient (Wildman–Crippen LogP) is 4.75. The molecular weight excluding hydrogens is 353 g/mol. The Kier molecular flexibility index (Phi) is 5.00. The molecule has 0 bridgehead atoms. The quantitative estimate of drug-likeness (QED) is 0.524. The van der Waals surface area contributed by atoms with Gasteiger partial charge in [-0.25, -0.2) is 4.98 Å². The number of Topliss-reactive ketones (excluding diaryl/α,β-unsaturated/α-hetero) is 1. The van der Waals surface area contributed by atoms with E-state index >= 15 is 0 Å². The van der Waals surface area contributed by atoms with Gasteiger partial charge >= 0.3 is 0 Å². The van der Waals surface area contributed by atoms with E-state index in [2.05, 4.69) is 15.2 Å². The highest BCUT2D eigenvalue weighted by Gasteiger charge is 2.10. The Morgan fingerprint density at radius 1 is 1.00 bits per heavy atom. The normalized spacial score (nSPS) is 10.7. The number of hydrogen-bond donors (Lipinski definition) is 1. The molecule has 3 aromatic rings. The van der Waals surface area contributed by atoms with Crippen LogP contribution in [0.1, 0.15) is 10.4 Å². The number of hydrogen-bond acceptors (Lipinski definition) is 4. The average Bonchev–Trinajstić information content (AvgIpc) is 3.03. The minimum Gasteiger partial charge on any atom is -0.293 e. The molecule has 0 saturated carbocycles. The van der Waals surface area contributed by atoms with Crippen LogP contribution in [-0.2, 0) is 0 Å². The molecule has 1 N–H and O–H groups in total. The Morgan fingerprint density at radius 3 is 2.26 bits per heavy atom. The SMILES string of the molecule is O=C(CSc1n[nH]c(-c2ccc(Cl)cc2)n1)c1ccc(Cl)cc1. The summed E-state index contributed by atoms with van der Waals surface area (Å²) in [6.07, 6.45) is 0. The van der Waals surface area contributed by atoms with Crippen LogP contribution < -0.4 is 0 Å². The Hall–Kier alpha value is -1.82. The lowest BCUT2D eigenvalue weighted by Gasteiger charge is -1.99. The predicted molar refractivity (Wildman–Crippen MR) is 93.3 cm³/mol. The van der Waals surface area contributed by atoms with Crippen LogP contribution in [0.5, 0.6) is 0 Å². The van der Waals surface area contributed by atoms with Crippen molar-refractivity contribution >= 4 is 40.7 Å². The van der Waals surface area contributed by atoms with Crippen molar-refractivity contribution in [1.29, 1.82) is 0 Å². The van der Waals surface area contributed by atoms with Crippen molar-refractivity contribution in [3.05, 3.63) is 64.1 Å². The summed E-state index contributed by atoms with van der Waals surface area (Å²) in [7, 11) is 0. The Labute approximate surface area is 147 Å². The number of aromatic amines is 1. The number of carbonyl (C=O) groups is 1. The van der Waals surface area contributed by atoms with Crippen LogP contribution >= 0.6 is 35.0 Å². The van der Waals surface area contributed by atoms with Crippen LogP contribution in [-0.4, -0.2) is 26.7 Å². The van der Waals surface area contributed by atoms with Gasteiger partial charge in [0.15, 0.2) is 11.6 Å². The Balaban J connectivity index is 1.64. The second-order valence-corrected chi connectivity index (χ2v) is 6.51. The number of aromatic nitrogens is 3. The van der Waals surface area contributed by atoms with Crippen molar-refractivity contribution in [2.75, 3.05) is 5.75 Å². The molecule has 0 unspecified atom stereocenters. The van der Waals surface area contributed by atoms with Crippen molar-refractivity contribution in [3.8, 4) is 11.4 Å². The molecule has 3 rings (SSSR count). The molecule has 0 saturated heterocycles. The Bertz CT molecular complexity index is 816. The number of H-pyrrole nitrogens is 1. The van der Waals surface area contributed by atoms with Gasteiger partial charge in [-0.1, -0.05) is 35.0 Å². The van der Waals surface area contributed by atoms with Gasteiger partial charge in [-0.2, -0.15) is 0 Å². The molecule has 0 aliphatic heterocycles. The van der Waals surface area contributed by atoms with E-state index in [1.165, 1.54) is 11.8 Å². The minimum absolute atomic E-state index is 0.00418. The highest BCUT2D eigenvalue weighted by atomic mass is 35.5. The van der Waals surface area contributed by atoms with E-state index < -0.39 is 0 Å². The summed E-state index contributed by atoms with van der Waals surface area (Å²) in [4.78, 5) is 16.5. The van der Waals surface area contributed by atoms with E-state index in [0.717, 1.165) is 5.56 Å². The topological polar surface area (TPSA) is 58.6 Å². The lowest BCUT2D eigenvalue weighted by Crippen LogP contribution is -2.02. The van der Waals surface area contributed by atoms with Gasteiger partial charge in [-0.3, -0.25) is 9.89 Å². The largest absolute Gasteiger partial charge is 0.293 e. The van der Waals surface area contributed by atoms with Crippen LogP contribution in [0.4, 0.5) is 0 Å². The van der Waals surface area contributed by atoms with Crippen molar-refractivity contribution in [1.82, 2.24) is 15.2 Å². The van der Waals surface area contributed by atoms with E-state index in [4.69, 9.17) is 23.2 Å². The molecule has 7 heteroatoms. The molecule has 0 aliphatic rings. The fourth-order valence-corrected chi connectivity index (χ4v) is 2.84. The fraction of sp³-hybridized carbons (Fsp3) is 0.0625. The van der Waals surface area contributed by atoms with Crippen molar-refractivity contribution < 1.29 is 4.79 Å². The maximum atomic E-state index is 12.1. The molecule has 0 radical (unpaired) electrons. The first-order valence-corrected chi connectivity index (χ1v) is 8.46. The zero-order valence-electron chi connectivity index (χ0n) is 11.8. The smallest absolute Gasteiger partial charge is 0.209 e. The molecular formula is C16H11Cl2N3OS. The zero-order valence-corrected chi connectivity index (χ0v) is 14.1. The summed E-state index contributed by atoms with van der Waals surface area (Å²) in [5.41, 5.74) is 1.51. The van der Waals surface area contributed by atoms with Crippen LogP contribution in [0.15, 0.2) is 53.7 Å². The van der Waals surface area contributed by atoms with Crippen LogP contribution in [0.2, 0.25) is 10.0 Å². The molecule has 0 atom stereocenters. The number of ketones is 1. The number of halogens is 2. The lowest BCUT2D eigenvalue weighted by atomic mass is 10.1. The minimum atomic E-state index is 0.00418. The maximum Gasteiger partial charge on any atom is 0.209 e. The van der Waals surface area contributed by atoms with E-state index in [1.54, 1.807) is 36.4 Å². The molecule has 2 aromatic carbocycles. The monoisotopic (exact) mass is 363 g/mol. The summed E-state index contributed by atoms with van der Waals surface area (Å²) in [5.74, 6) is 0.909. The second-order valence-electron chi connectivity index (χ2n) is 4.69. The van der Waals surface area contributed by atoms with Crippen LogP contribution in [0.25, 0.3) is 11.4 Å². The first kappa shape index (κ1) is 16.1. The molecule has 116 valence electrons.